The summed E-state index contributed by atoms with van der Waals surface area (Å²) >= 11 is 0. The predicted molar refractivity (Wildman–Crippen MR) is 89.5 cm³/mol. The zero-order valence-electron chi connectivity index (χ0n) is 13.6. The van der Waals surface area contributed by atoms with Gasteiger partial charge in [0.25, 0.3) is 0 Å². The van der Waals surface area contributed by atoms with Crippen molar-refractivity contribution < 1.29 is 22.3 Å². The first-order chi connectivity index (χ1) is 11.5. The molecule has 0 unspecified atom stereocenters. The highest BCUT2D eigenvalue weighted by atomic mass is 32.2. The summed E-state index contributed by atoms with van der Waals surface area (Å²) in [6.07, 6.45) is 1.34. The zero-order chi connectivity index (χ0) is 17.6. The van der Waals surface area contributed by atoms with Crippen LogP contribution in [0.15, 0.2) is 47.4 Å². The molecular weight excluding hydrogens is 333 g/mol. The first-order valence-corrected chi connectivity index (χ1v) is 8.91. The minimum atomic E-state index is -3.96. The van der Waals surface area contributed by atoms with Gasteiger partial charge in [0.1, 0.15) is 10.7 Å². The number of methoxy groups -OCH3 is 2. The molecule has 0 radical (unpaired) electrons. The molecule has 0 bridgehead atoms. The second kappa shape index (κ2) is 8.12. The largest absolute Gasteiger partial charge is 0.493 e. The van der Waals surface area contributed by atoms with Crippen LogP contribution in [0.4, 0.5) is 4.39 Å². The lowest BCUT2D eigenvalue weighted by molar-refractivity contribution is 0.350. The number of hydrogen-bond donors (Lipinski definition) is 1. The fourth-order valence-electron chi connectivity index (χ4n) is 2.26. The SMILES string of the molecule is COc1cc(F)c(S(=O)(=O)NCCCc2ccccc2)cc1OC. The van der Waals surface area contributed by atoms with Gasteiger partial charge in [-0.2, -0.15) is 0 Å². The highest BCUT2D eigenvalue weighted by Gasteiger charge is 2.22. The van der Waals surface area contributed by atoms with Crippen molar-refractivity contribution in [1.29, 1.82) is 0 Å². The van der Waals surface area contributed by atoms with Crippen molar-refractivity contribution >= 4 is 10.0 Å². The number of halogens is 1. The van der Waals surface area contributed by atoms with Gasteiger partial charge in [0.2, 0.25) is 10.0 Å². The van der Waals surface area contributed by atoms with Crippen LogP contribution in [-0.2, 0) is 16.4 Å². The number of rotatable bonds is 8. The van der Waals surface area contributed by atoms with E-state index in [4.69, 9.17) is 9.47 Å². The van der Waals surface area contributed by atoms with Crippen LogP contribution in [0, 0.1) is 5.82 Å². The fourth-order valence-corrected chi connectivity index (χ4v) is 3.41. The number of nitrogens with one attached hydrogen (secondary N) is 1. The lowest BCUT2D eigenvalue weighted by Gasteiger charge is -2.12. The highest BCUT2D eigenvalue weighted by Crippen LogP contribution is 2.31. The van der Waals surface area contributed by atoms with Crippen molar-refractivity contribution in [2.24, 2.45) is 0 Å². The highest BCUT2D eigenvalue weighted by molar-refractivity contribution is 7.89. The maximum atomic E-state index is 14.1. The van der Waals surface area contributed by atoms with Gasteiger partial charge in [0.05, 0.1) is 14.2 Å². The number of hydrogen-bond acceptors (Lipinski definition) is 4. The first-order valence-electron chi connectivity index (χ1n) is 7.43. The Labute approximate surface area is 141 Å². The van der Waals surface area contributed by atoms with E-state index in [2.05, 4.69) is 4.72 Å². The van der Waals surface area contributed by atoms with E-state index in [9.17, 15) is 12.8 Å². The van der Waals surface area contributed by atoms with Crippen molar-refractivity contribution in [1.82, 2.24) is 4.72 Å². The number of ether oxygens (including phenoxy) is 2. The quantitative estimate of drug-likeness (QED) is 0.741. The molecule has 0 atom stereocenters. The summed E-state index contributed by atoms with van der Waals surface area (Å²) in [6.45, 7) is 0.213. The van der Waals surface area contributed by atoms with Crippen molar-refractivity contribution in [3.8, 4) is 11.5 Å². The minimum Gasteiger partial charge on any atom is -0.493 e. The van der Waals surface area contributed by atoms with Gasteiger partial charge in [-0.25, -0.2) is 17.5 Å². The van der Waals surface area contributed by atoms with E-state index >= 15 is 0 Å². The number of aryl methyl sites for hydroxylation is 1. The van der Waals surface area contributed by atoms with Gasteiger partial charge < -0.3 is 9.47 Å². The molecule has 130 valence electrons. The lowest BCUT2D eigenvalue weighted by Crippen LogP contribution is -2.26. The number of sulfonamides is 1. The monoisotopic (exact) mass is 353 g/mol. The van der Waals surface area contributed by atoms with Gasteiger partial charge in [-0.3, -0.25) is 0 Å². The maximum Gasteiger partial charge on any atom is 0.243 e. The third-order valence-corrected chi connectivity index (χ3v) is 4.98. The van der Waals surface area contributed by atoms with Crippen LogP contribution in [0.1, 0.15) is 12.0 Å². The van der Waals surface area contributed by atoms with Crippen molar-refractivity contribution in [3.63, 3.8) is 0 Å². The average Bonchev–Trinajstić information content (AvgIpc) is 2.59. The molecule has 1 N–H and O–H groups in total. The van der Waals surface area contributed by atoms with E-state index in [1.165, 1.54) is 14.2 Å². The third-order valence-electron chi connectivity index (χ3n) is 3.50. The molecule has 0 saturated heterocycles. The summed E-state index contributed by atoms with van der Waals surface area (Å²) < 4.78 is 51.0. The molecule has 0 heterocycles. The summed E-state index contributed by atoms with van der Waals surface area (Å²) in [6, 6.07) is 11.8. The standard InChI is InChI=1S/C17H20FNO4S/c1-22-15-11-14(18)17(12-16(15)23-2)24(20,21)19-10-6-9-13-7-4-3-5-8-13/h3-5,7-8,11-12,19H,6,9-10H2,1-2H3. The Morgan fingerprint density at radius 2 is 1.67 bits per heavy atom. The Kier molecular flexibility index (Phi) is 6.16. The van der Waals surface area contributed by atoms with Crippen LogP contribution >= 0.6 is 0 Å². The van der Waals surface area contributed by atoms with Crippen molar-refractivity contribution in [2.75, 3.05) is 20.8 Å². The lowest BCUT2D eigenvalue weighted by atomic mass is 10.1. The molecule has 0 aliphatic carbocycles. The van der Waals surface area contributed by atoms with Crippen molar-refractivity contribution in [2.45, 2.75) is 17.7 Å². The Bertz CT molecular complexity index is 779. The molecule has 2 aromatic rings. The minimum absolute atomic E-state index is 0.137. The fraction of sp³-hybridized carbons (Fsp3) is 0.294. The molecule has 0 aromatic heterocycles. The van der Waals surface area contributed by atoms with Gasteiger partial charge in [-0.1, -0.05) is 30.3 Å². The smallest absolute Gasteiger partial charge is 0.243 e. The van der Waals surface area contributed by atoms with E-state index in [1.54, 1.807) is 0 Å². The molecule has 2 aromatic carbocycles. The van der Waals surface area contributed by atoms with Crippen LogP contribution in [0.25, 0.3) is 0 Å². The van der Waals surface area contributed by atoms with E-state index in [-0.39, 0.29) is 18.0 Å². The second-order valence-electron chi connectivity index (χ2n) is 5.12. The molecule has 2 rings (SSSR count). The maximum absolute atomic E-state index is 14.1. The van der Waals surface area contributed by atoms with Gasteiger partial charge in [-0.15, -0.1) is 0 Å². The van der Waals surface area contributed by atoms with E-state index in [0.717, 1.165) is 24.1 Å². The summed E-state index contributed by atoms with van der Waals surface area (Å²) in [5.74, 6) is -0.593. The summed E-state index contributed by atoms with van der Waals surface area (Å²) in [5.41, 5.74) is 1.12. The molecule has 0 aliphatic heterocycles. The first kappa shape index (κ1) is 18.2. The molecule has 0 fully saturated rings. The predicted octanol–water partition coefficient (Wildman–Crippen LogP) is 2.75. The average molecular weight is 353 g/mol. The van der Waals surface area contributed by atoms with E-state index in [0.29, 0.717) is 6.42 Å². The normalized spacial score (nSPS) is 11.3. The topological polar surface area (TPSA) is 64.6 Å². The summed E-state index contributed by atoms with van der Waals surface area (Å²) in [5, 5.41) is 0. The Morgan fingerprint density at radius 1 is 1.04 bits per heavy atom. The summed E-state index contributed by atoms with van der Waals surface area (Å²) in [7, 11) is -1.25. The molecule has 0 saturated carbocycles. The Hall–Kier alpha value is -2.12. The van der Waals surface area contributed by atoms with Crippen LogP contribution in [0.3, 0.4) is 0 Å². The van der Waals surface area contributed by atoms with Crippen molar-refractivity contribution in [3.05, 3.63) is 53.8 Å². The van der Waals surface area contributed by atoms with Gasteiger partial charge in [0, 0.05) is 18.7 Å². The molecule has 7 heteroatoms. The second-order valence-corrected chi connectivity index (χ2v) is 6.86. The van der Waals surface area contributed by atoms with Crippen LogP contribution < -0.4 is 14.2 Å². The molecule has 0 amide bonds. The molecule has 24 heavy (non-hydrogen) atoms. The van der Waals surface area contributed by atoms with Crippen LogP contribution in [-0.4, -0.2) is 29.2 Å². The van der Waals surface area contributed by atoms with Gasteiger partial charge >= 0.3 is 0 Å². The summed E-state index contributed by atoms with van der Waals surface area (Å²) in [4.78, 5) is -0.458. The molecule has 0 aliphatic rings. The van der Waals surface area contributed by atoms with Crippen LogP contribution in [0.2, 0.25) is 0 Å². The zero-order valence-corrected chi connectivity index (χ0v) is 14.4. The van der Waals surface area contributed by atoms with E-state index in [1.807, 2.05) is 30.3 Å². The molecule has 0 spiro atoms. The Morgan fingerprint density at radius 3 is 2.29 bits per heavy atom. The molecule has 5 nitrogen and oxygen atoms in total. The molecular formula is C17H20FNO4S. The van der Waals surface area contributed by atoms with Gasteiger partial charge in [-0.05, 0) is 18.4 Å². The number of benzene rings is 2. The van der Waals surface area contributed by atoms with Gasteiger partial charge in [0.15, 0.2) is 11.5 Å². The van der Waals surface area contributed by atoms with Crippen LogP contribution in [0.5, 0.6) is 11.5 Å². The Balaban J connectivity index is 2.04. The third kappa shape index (κ3) is 4.46. The van der Waals surface area contributed by atoms with E-state index < -0.39 is 20.7 Å².